The zero-order valence-electron chi connectivity index (χ0n) is 16.9. The number of pyridine rings is 1. The summed E-state index contributed by atoms with van der Waals surface area (Å²) >= 11 is 15.4. The van der Waals surface area contributed by atoms with E-state index >= 15 is 0 Å². The van der Waals surface area contributed by atoms with Gasteiger partial charge in [0.2, 0.25) is 15.7 Å². The highest BCUT2D eigenvalue weighted by molar-refractivity contribution is 9.10. The van der Waals surface area contributed by atoms with Crippen molar-refractivity contribution >= 4 is 60.7 Å². The molecule has 0 unspecified atom stereocenters. The Morgan fingerprint density at radius 1 is 1.12 bits per heavy atom. The van der Waals surface area contributed by atoms with Crippen LogP contribution in [0, 0.1) is 11.3 Å². The molecule has 0 fully saturated rings. The zero-order valence-corrected chi connectivity index (χ0v) is 20.9. The number of nitrogens with zero attached hydrogens (tertiary/aromatic N) is 3. The van der Waals surface area contributed by atoms with Crippen LogP contribution in [0.3, 0.4) is 0 Å². The third-order valence-electron chi connectivity index (χ3n) is 4.63. The van der Waals surface area contributed by atoms with Crippen LogP contribution in [0.25, 0.3) is 11.7 Å². The van der Waals surface area contributed by atoms with Crippen molar-refractivity contribution in [2.75, 3.05) is 0 Å². The quantitative estimate of drug-likeness (QED) is 0.274. The number of aromatic nitrogens is 2. The Bertz CT molecular complexity index is 1660. The molecule has 0 bridgehead atoms. The van der Waals surface area contributed by atoms with Gasteiger partial charge in [-0.3, -0.25) is 9.20 Å². The molecule has 0 saturated carbocycles. The van der Waals surface area contributed by atoms with Crippen molar-refractivity contribution in [3.8, 4) is 17.7 Å². The van der Waals surface area contributed by atoms with E-state index in [0.29, 0.717) is 9.50 Å². The summed E-state index contributed by atoms with van der Waals surface area (Å²) in [6, 6.07) is 16.8. The van der Waals surface area contributed by atoms with Crippen LogP contribution in [0.4, 0.5) is 0 Å². The van der Waals surface area contributed by atoms with Crippen LogP contribution < -0.4 is 10.3 Å². The number of hydrogen-bond acceptors (Lipinski definition) is 6. The second-order valence-corrected chi connectivity index (χ2v) is 10.5. The fraction of sp³-hybridized carbons (Fsp3) is 0. The topological polar surface area (TPSA) is 102 Å². The largest absolute Gasteiger partial charge is 0.437 e. The molecule has 170 valence electrons. The lowest BCUT2D eigenvalue weighted by molar-refractivity contribution is 0.461. The van der Waals surface area contributed by atoms with Gasteiger partial charge in [0.15, 0.2) is 0 Å². The molecule has 0 N–H and O–H groups in total. The van der Waals surface area contributed by atoms with Gasteiger partial charge in [-0.25, -0.2) is 8.42 Å². The van der Waals surface area contributed by atoms with Crippen molar-refractivity contribution < 1.29 is 13.2 Å². The van der Waals surface area contributed by atoms with Gasteiger partial charge in [0.05, 0.1) is 9.92 Å². The van der Waals surface area contributed by atoms with Crippen LogP contribution >= 0.6 is 39.1 Å². The summed E-state index contributed by atoms with van der Waals surface area (Å²) in [4.78, 5) is 16.8. The number of hydrogen-bond donors (Lipinski definition) is 0. The molecule has 0 aliphatic carbocycles. The molecule has 7 nitrogen and oxygen atoms in total. The number of ether oxygens (including phenoxy) is 1. The molecule has 34 heavy (non-hydrogen) atoms. The minimum absolute atomic E-state index is 0.111. The predicted octanol–water partition coefficient (Wildman–Crippen LogP) is 5.89. The molecule has 0 saturated heterocycles. The maximum Gasteiger partial charge on any atom is 0.269 e. The first-order valence-electron chi connectivity index (χ1n) is 9.47. The van der Waals surface area contributed by atoms with Gasteiger partial charge in [0.1, 0.15) is 27.9 Å². The predicted molar refractivity (Wildman–Crippen MR) is 133 cm³/mol. The van der Waals surface area contributed by atoms with Crippen LogP contribution in [0.1, 0.15) is 5.56 Å². The van der Waals surface area contributed by atoms with E-state index < -0.39 is 20.3 Å². The lowest BCUT2D eigenvalue weighted by atomic mass is 10.2. The summed E-state index contributed by atoms with van der Waals surface area (Å²) in [5.41, 5.74) is -0.629. The molecule has 0 atom stereocenters. The normalized spacial score (nSPS) is 11.9. The highest BCUT2D eigenvalue weighted by atomic mass is 79.9. The average molecular weight is 577 g/mol. The van der Waals surface area contributed by atoms with Crippen molar-refractivity contribution in [1.29, 1.82) is 5.26 Å². The van der Waals surface area contributed by atoms with Crippen molar-refractivity contribution in [1.82, 2.24) is 9.38 Å². The number of halogens is 3. The van der Waals surface area contributed by atoms with E-state index in [4.69, 9.17) is 27.9 Å². The molecule has 0 spiro atoms. The van der Waals surface area contributed by atoms with Crippen molar-refractivity contribution in [3.63, 3.8) is 0 Å². The molecule has 2 heterocycles. The Morgan fingerprint density at radius 2 is 1.85 bits per heavy atom. The molecule has 0 radical (unpaired) electrons. The average Bonchev–Trinajstić information content (AvgIpc) is 2.81. The second kappa shape index (κ2) is 9.60. The highest BCUT2D eigenvalue weighted by Crippen LogP contribution is 2.33. The van der Waals surface area contributed by atoms with Crippen LogP contribution in [-0.2, 0) is 9.84 Å². The lowest BCUT2D eigenvalue weighted by Gasteiger charge is -2.11. The Kier molecular flexibility index (Phi) is 6.77. The van der Waals surface area contributed by atoms with Crippen LogP contribution in [0.2, 0.25) is 10.0 Å². The van der Waals surface area contributed by atoms with Gasteiger partial charge in [-0.2, -0.15) is 10.2 Å². The maximum absolute atomic E-state index is 13.3. The summed E-state index contributed by atoms with van der Waals surface area (Å²) in [6.07, 6.45) is 2.42. The number of sulfone groups is 1. The van der Waals surface area contributed by atoms with E-state index in [1.807, 2.05) is 0 Å². The number of fused-ring (bicyclic) bond motifs is 1. The molecule has 4 aromatic rings. The first-order valence-corrected chi connectivity index (χ1v) is 12.5. The lowest BCUT2D eigenvalue weighted by Crippen LogP contribution is -2.19. The summed E-state index contributed by atoms with van der Waals surface area (Å²) < 4.78 is 33.9. The van der Waals surface area contributed by atoms with Gasteiger partial charge >= 0.3 is 0 Å². The van der Waals surface area contributed by atoms with Gasteiger partial charge in [-0.05, 0) is 60.7 Å². The van der Waals surface area contributed by atoms with E-state index in [1.54, 1.807) is 24.3 Å². The van der Waals surface area contributed by atoms with Gasteiger partial charge < -0.3 is 4.74 Å². The molecule has 0 aliphatic heterocycles. The number of nitriles is 1. The molecular formula is C23H12BrCl2N3O4S. The fourth-order valence-electron chi connectivity index (χ4n) is 2.99. The summed E-state index contributed by atoms with van der Waals surface area (Å²) in [5, 5.41) is 10.2. The van der Waals surface area contributed by atoms with E-state index in [1.165, 1.54) is 53.1 Å². The first kappa shape index (κ1) is 24.0. The summed E-state index contributed by atoms with van der Waals surface area (Å²) in [7, 11) is -4.24. The minimum Gasteiger partial charge on any atom is -0.437 e. The third kappa shape index (κ3) is 4.72. The number of allylic oxidation sites excluding steroid dienone is 1. The van der Waals surface area contributed by atoms with Crippen LogP contribution in [0.5, 0.6) is 11.6 Å². The minimum atomic E-state index is -4.24. The molecular weight excluding hydrogens is 565 g/mol. The van der Waals surface area contributed by atoms with Crippen molar-refractivity contribution in [2.24, 2.45) is 0 Å². The molecule has 2 aromatic carbocycles. The molecule has 0 amide bonds. The van der Waals surface area contributed by atoms with Gasteiger partial charge in [-0.1, -0.05) is 45.2 Å². The smallest absolute Gasteiger partial charge is 0.269 e. The fourth-order valence-corrected chi connectivity index (χ4v) is 4.84. The van der Waals surface area contributed by atoms with Crippen molar-refractivity contribution in [3.05, 3.63) is 102 Å². The Balaban J connectivity index is 1.94. The van der Waals surface area contributed by atoms with E-state index in [0.717, 1.165) is 6.08 Å². The molecule has 0 aliphatic rings. The molecule has 2 aromatic heterocycles. The Morgan fingerprint density at radius 3 is 2.53 bits per heavy atom. The zero-order chi connectivity index (χ0) is 24.5. The standard InChI is InChI=1S/C23H12BrCl2N3O4S/c24-14-4-7-16(8-5-14)34(31,32)17(13-27)12-18-22(33-20-9-6-15(25)11-19(20)26)28-21-3-1-2-10-29(21)23(18)30/h1-12H/b17-12+. The Hall–Kier alpha value is -3.16. The van der Waals surface area contributed by atoms with Crippen LogP contribution in [0.15, 0.2) is 85.9 Å². The van der Waals surface area contributed by atoms with Crippen LogP contribution in [-0.4, -0.2) is 17.8 Å². The van der Waals surface area contributed by atoms with Crippen molar-refractivity contribution in [2.45, 2.75) is 4.90 Å². The second-order valence-electron chi connectivity index (χ2n) is 6.82. The number of benzene rings is 2. The van der Waals surface area contributed by atoms with E-state index in [9.17, 15) is 18.5 Å². The molecule has 11 heteroatoms. The van der Waals surface area contributed by atoms with E-state index in [-0.39, 0.29) is 32.8 Å². The maximum atomic E-state index is 13.3. The summed E-state index contributed by atoms with van der Waals surface area (Å²) in [5.74, 6) is -0.0821. The molecule has 4 rings (SSSR count). The SMILES string of the molecule is N#C/C(=C\c1c(Oc2ccc(Cl)cc2Cl)nc2ccccn2c1=O)S(=O)(=O)c1ccc(Br)cc1. The summed E-state index contributed by atoms with van der Waals surface area (Å²) in [6.45, 7) is 0. The van der Waals surface area contributed by atoms with E-state index in [2.05, 4.69) is 20.9 Å². The monoisotopic (exact) mass is 575 g/mol. The first-order chi connectivity index (χ1) is 16.2. The Labute approximate surface area is 212 Å². The number of rotatable bonds is 5. The van der Waals surface area contributed by atoms with Gasteiger partial charge in [0, 0.05) is 15.7 Å². The third-order valence-corrected chi connectivity index (χ3v) is 7.37. The van der Waals surface area contributed by atoms with Gasteiger partial charge in [0.25, 0.3) is 5.56 Å². The van der Waals surface area contributed by atoms with Gasteiger partial charge in [-0.15, -0.1) is 0 Å². The highest BCUT2D eigenvalue weighted by Gasteiger charge is 2.24.